The minimum Gasteiger partial charge on any atom is -0.358 e. The van der Waals surface area contributed by atoms with Crippen LogP contribution in [0.15, 0.2) is 0 Å². The highest BCUT2D eigenvalue weighted by atomic mass is 16.2. The molecule has 1 amide bonds. The number of carbonyl (C=O) groups excluding carboxylic acids is 1. The lowest BCUT2D eigenvalue weighted by Crippen LogP contribution is -2.54. The number of rotatable bonds is 1. The molecule has 12 heavy (non-hydrogen) atoms. The summed E-state index contributed by atoms with van der Waals surface area (Å²) in [5.41, 5.74) is 0.0956. The molecule has 0 saturated carbocycles. The molecule has 1 atom stereocenters. The summed E-state index contributed by atoms with van der Waals surface area (Å²) < 4.78 is 0. The molecular weight excluding hydrogens is 152 g/mol. The van der Waals surface area contributed by atoms with Crippen LogP contribution in [-0.2, 0) is 4.79 Å². The van der Waals surface area contributed by atoms with Crippen molar-refractivity contribution in [2.45, 2.75) is 32.7 Å². The Morgan fingerprint density at radius 1 is 1.58 bits per heavy atom. The van der Waals surface area contributed by atoms with E-state index in [-0.39, 0.29) is 17.4 Å². The Balaban J connectivity index is 2.66. The molecule has 0 aliphatic carbocycles. The Morgan fingerprint density at radius 2 is 2.25 bits per heavy atom. The summed E-state index contributed by atoms with van der Waals surface area (Å²) in [6.45, 7) is 5.24. The van der Waals surface area contributed by atoms with E-state index in [0.29, 0.717) is 0 Å². The number of nitrogens with one attached hydrogen (secondary N) is 2. The van der Waals surface area contributed by atoms with E-state index in [0.717, 1.165) is 13.0 Å². The molecule has 0 spiro atoms. The molecule has 0 bridgehead atoms. The molecule has 3 heteroatoms. The van der Waals surface area contributed by atoms with E-state index in [9.17, 15) is 4.79 Å². The number of hydrogen-bond acceptors (Lipinski definition) is 2. The number of likely N-dealkylation sites (N-methyl/N-ethyl adjacent to an activating group) is 1. The van der Waals surface area contributed by atoms with Gasteiger partial charge in [-0.1, -0.05) is 13.8 Å². The van der Waals surface area contributed by atoms with Gasteiger partial charge in [-0.25, -0.2) is 0 Å². The van der Waals surface area contributed by atoms with Crippen LogP contribution >= 0.6 is 0 Å². The highest BCUT2D eigenvalue weighted by Crippen LogP contribution is 2.29. The van der Waals surface area contributed by atoms with E-state index >= 15 is 0 Å². The minimum atomic E-state index is -0.0174. The predicted octanol–water partition coefficient (Wildman–Crippen LogP) is 0.511. The van der Waals surface area contributed by atoms with Crippen LogP contribution in [0.2, 0.25) is 0 Å². The fourth-order valence-electron chi connectivity index (χ4n) is 1.80. The van der Waals surface area contributed by atoms with Crippen LogP contribution in [0.1, 0.15) is 26.7 Å². The summed E-state index contributed by atoms with van der Waals surface area (Å²) in [6, 6.07) is -0.0174. The topological polar surface area (TPSA) is 41.1 Å². The van der Waals surface area contributed by atoms with Gasteiger partial charge in [0, 0.05) is 7.05 Å². The quantitative estimate of drug-likeness (QED) is 0.602. The van der Waals surface area contributed by atoms with Crippen molar-refractivity contribution in [1.82, 2.24) is 10.6 Å². The van der Waals surface area contributed by atoms with E-state index in [1.54, 1.807) is 7.05 Å². The van der Waals surface area contributed by atoms with Crippen LogP contribution in [0.25, 0.3) is 0 Å². The summed E-state index contributed by atoms with van der Waals surface area (Å²) >= 11 is 0. The van der Waals surface area contributed by atoms with Crippen molar-refractivity contribution in [2.24, 2.45) is 5.41 Å². The third-order valence-electron chi connectivity index (χ3n) is 2.64. The SMILES string of the molecule is CNC(=O)C1NCCCC1(C)C. The zero-order chi connectivity index (χ0) is 9.19. The highest BCUT2D eigenvalue weighted by molar-refractivity contribution is 5.82. The third-order valence-corrected chi connectivity index (χ3v) is 2.64. The largest absolute Gasteiger partial charge is 0.358 e. The van der Waals surface area contributed by atoms with Crippen molar-refractivity contribution in [3.63, 3.8) is 0 Å². The molecule has 1 aliphatic heterocycles. The Hall–Kier alpha value is -0.570. The zero-order valence-electron chi connectivity index (χ0n) is 8.11. The van der Waals surface area contributed by atoms with Crippen molar-refractivity contribution in [2.75, 3.05) is 13.6 Å². The van der Waals surface area contributed by atoms with Crippen LogP contribution in [0.5, 0.6) is 0 Å². The Bertz CT molecular complexity index is 177. The fourth-order valence-corrected chi connectivity index (χ4v) is 1.80. The van der Waals surface area contributed by atoms with Crippen molar-refractivity contribution in [3.05, 3.63) is 0 Å². The lowest BCUT2D eigenvalue weighted by molar-refractivity contribution is -0.126. The Labute approximate surface area is 73.9 Å². The first kappa shape index (κ1) is 9.52. The maximum Gasteiger partial charge on any atom is 0.237 e. The van der Waals surface area contributed by atoms with Gasteiger partial charge < -0.3 is 10.6 Å². The standard InChI is InChI=1S/C9H18N2O/c1-9(2)5-4-6-11-7(9)8(12)10-3/h7,11H,4-6H2,1-3H3,(H,10,12). The lowest BCUT2D eigenvalue weighted by Gasteiger charge is -2.37. The minimum absolute atomic E-state index is 0.0174. The van der Waals surface area contributed by atoms with Crippen LogP contribution in [0, 0.1) is 5.41 Å². The first-order valence-corrected chi connectivity index (χ1v) is 4.53. The number of amides is 1. The molecule has 0 aromatic rings. The average molecular weight is 170 g/mol. The van der Waals surface area contributed by atoms with Gasteiger partial charge in [0.25, 0.3) is 0 Å². The summed E-state index contributed by atoms with van der Waals surface area (Å²) in [6.07, 6.45) is 2.29. The first-order valence-electron chi connectivity index (χ1n) is 4.53. The van der Waals surface area contributed by atoms with Crippen LogP contribution in [0.4, 0.5) is 0 Å². The molecule has 1 saturated heterocycles. The van der Waals surface area contributed by atoms with Crippen molar-refractivity contribution < 1.29 is 4.79 Å². The fraction of sp³-hybridized carbons (Fsp3) is 0.889. The molecule has 0 aromatic heterocycles. The van der Waals surface area contributed by atoms with Crippen LogP contribution in [-0.4, -0.2) is 25.5 Å². The van der Waals surface area contributed by atoms with E-state index in [2.05, 4.69) is 24.5 Å². The van der Waals surface area contributed by atoms with Gasteiger partial charge in [-0.15, -0.1) is 0 Å². The Morgan fingerprint density at radius 3 is 2.75 bits per heavy atom. The van der Waals surface area contributed by atoms with Crippen molar-refractivity contribution in [1.29, 1.82) is 0 Å². The number of carbonyl (C=O) groups is 1. The van der Waals surface area contributed by atoms with Crippen LogP contribution in [0.3, 0.4) is 0 Å². The molecule has 3 nitrogen and oxygen atoms in total. The molecule has 70 valence electrons. The van der Waals surface area contributed by atoms with Crippen LogP contribution < -0.4 is 10.6 Å². The van der Waals surface area contributed by atoms with Gasteiger partial charge in [-0.3, -0.25) is 4.79 Å². The van der Waals surface area contributed by atoms with Crippen molar-refractivity contribution in [3.8, 4) is 0 Å². The smallest absolute Gasteiger partial charge is 0.237 e. The second-order valence-electron chi connectivity index (χ2n) is 4.09. The molecule has 1 unspecified atom stereocenters. The van der Waals surface area contributed by atoms with E-state index in [1.807, 2.05) is 0 Å². The molecule has 1 heterocycles. The van der Waals surface area contributed by atoms with Gasteiger partial charge in [0.15, 0.2) is 0 Å². The molecule has 1 fully saturated rings. The molecule has 0 aromatic carbocycles. The second kappa shape index (κ2) is 3.44. The van der Waals surface area contributed by atoms with Crippen molar-refractivity contribution >= 4 is 5.91 Å². The third kappa shape index (κ3) is 1.78. The number of hydrogen-bond donors (Lipinski definition) is 2. The summed E-state index contributed by atoms with van der Waals surface area (Å²) in [4.78, 5) is 11.4. The predicted molar refractivity (Wildman–Crippen MR) is 48.9 cm³/mol. The van der Waals surface area contributed by atoms with Gasteiger partial charge in [-0.05, 0) is 24.8 Å². The maximum absolute atomic E-state index is 11.4. The highest BCUT2D eigenvalue weighted by Gasteiger charge is 2.36. The summed E-state index contributed by atoms with van der Waals surface area (Å²) in [5, 5.41) is 5.94. The molecule has 1 aliphatic rings. The van der Waals surface area contributed by atoms with E-state index in [1.165, 1.54) is 6.42 Å². The van der Waals surface area contributed by atoms with Gasteiger partial charge in [0.1, 0.15) is 0 Å². The Kier molecular flexibility index (Phi) is 2.73. The summed E-state index contributed by atoms with van der Waals surface area (Å²) in [5.74, 6) is 0.111. The van der Waals surface area contributed by atoms with E-state index < -0.39 is 0 Å². The number of piperidine rings is 1. The zero-order valence-corrected chi connectivity index (χ0v) is 8.11. The van der Waals surface area contributed by atoms with Gasteiger partial charge >= 0.3 is 0 Å². The lowest BCUT2D eigenvalue weighted by atomic mass is 9.77. The maximum atomic E-state index is 11.4. The molecular formula is C9H18N2O. The van der Waals surface area contributed by atoms with Gasteiger partial charge in [0.05, 0.1) is 6.04 Å². The molecule has 0 radical (unpaired) electrons. The molecule has 2 N–H and O–H groups in total. The average Bonchev–Trinajstić information content (AvgIpc) is 2.02. The second-order valence-corrected chi connectivity index (χ2v) is 4.09. The first-order chi connectivity index (χ1) is 5.58. The van der Waals surface area contributed by atoms with Gasteiger partial charge in [-0.2, -0.15) is 0 Å². The van der Waals surface area contributed by atoms with E-state index in [4.69, 9.17) is 0 Å². The normalized spacial score (nSPS) is 28.1. The molecule has 1 rings (SSSR count). The summed E-state index contributed by atoms with van der Waals surface area (Å²) in [7, 11) is 1.69. The monoisotopic (exact) mass is 170 g/mol. The van der Waals surface area contributed by atoms with Gasteiger partial charge in [0.2, 0.25) is 5.91 Å².